The minimum Gasteiger partial charge on any atom is -0.433 e. The van der Waals surface area contributed by atoms with Gasteiger partial charge < -0.3 is 8.97 Å². The molecule has 0 spiro atoms. The zero-order valence-electron chi connectivity index (χ0n) is 12.9. The minimum atomic E-state index is -4.62. The van der Waals surface area contributed by atoms with E-state index in [1.807, 2.05) is 0 Å². The summed E-state index contributed by atoms with van der Waals surface area (Å²) >= 11 is -2.24. The van der Waals surface area contributed by atoms with Crippen molar-refractivity contribution in [1.29, 1.82) is 0 Å². The molecule has 0 aliphatic rings. The molecule has 0 aliphatic heterocycles. The van der Waals surface area contributed by atoms with Gasteiger partial charge in [-0.2, -0.15) is 8.42 Å². The minimum absolute atomic E-state index is 0.0894. The Kier molecular flexibility index (Phi) is 3.84. The number of benzene rings is 2. The molecule has 1 unspecified atom stereocenters. The second-order valence-electron chi connectivity index (χ2n) is 5.39. The first-order valence-corrected chi connectivity index (χ1v) is 9.76. The number of nitrogens with zero attached hydrogens (tertiary/aromatic N) is 2. The van der Waals surface area contributed by atoms with Crippen molar-refractivity contribution in [3.05, 3.63) is 48.7 Å². The smallest absolute Gasteiger partial charge is 0.298 e. The van der Waals surface area contributed by atoms with Crippen LogP contribution in [0.25, 0.3) is 33.5 Å². The molecule has 2 heterocycles. The molecule has 0 saturated carbocycles. The summed E-state index contributed by atoms with van der Waals surface area (Å²) in [4.78, 5) is 8.04. The number of rotatable bonds is 3. The molecule has 2 aromatic heterocycles. The maximum Gasteiger partial charge on any atom is 0.298 e. The molecule has 10 heteroatoms. The predicted molar refractivity (Wildman–Crippen MR) is 93.6 cm³/mol. The first kappa shape index (κ1) is 16.8. The Labute approximate surface area is 149 Å². The third kappa shape index (κ3) is 2.78. The fourth-order valence-electron chi connectivity index (χ4n) is 2.65. The molecule has 1 atom stereocenters. The third-order valence-corrected chi connectivity index (χ3v) is 5.30. The van der Waals surface area contributed by atoms with Crippen molar-refractivity contribution >= 4 is 43.1 Å². The van der Waals surface area contributed by atoms with Crippen LogP contribution < -0.4 is 0 Å². The lowest BCUT2D eigenvalue weighted by atomic mass is 10.1. The number of aromatic nitrogens is 2. The second kappa shape index (κ2) is 5.95. The van der Waals surface area contributed by atoms with Crippen molar-refractivity contribution in [2.75, 3.05) is 0 Å². The van der Waals surface area contributed by atoms with Crippen LogP contribution >= 0.6 is 0 Å². The SMILES string of the molecule is O=S(O)c1ccc2c(c1)cc(S(=O)(=O)O)c1oc(-c3ccccn3)nc12. The first-order valence-electron chi connectivity index (χ1n) is 7.21. The fraction of sp³-hybridized carbons (Fsp3) is 0. The average Bonchev–Trinajstić information content (AvgIpc) is 3.05. The third-order valence-electron chi connectivity index (χ3n) is 3.78. The summed E-state index contributed by atoms with van der Waals surface area (Å²) in [5, 5.41) is 0.832. The topological polar surface area (TPSA) is 131 Å². The van der Waals surface area contributed by atoms with Crippen molar-refractivity contribution in [2.45, 2.75) is 9.79 Å². The van der Waals surface area contributed by atoms with E-state index in [1.165, 1.54) is 24.4 Å². The van der Waals surface area contributed by atoms with Gasteiger partial charge in [0.25, 0.3) is 10.1 Å². The quantitative estimate of drug-likeness (QED) is 0.403. The summed E-state index contributed by atoms with van der Waals surface area (Å²) in [6.45, 7) is 0. The van der Waals surface area contributed by atoms with Crippen LogP contribution in [-0.2, 0) is 21.2 Å². The van der Waals surface area contributed by atoms with Crippen molar-refractivity contribution in [2.24, 2.45) is 0 Å². The normalized spacial score (nSPS) is 13.3. The first-order chi connectivity index (χ1) is 12.3. The summed E-state index contributed by atoms with van der Waals surface area (Å²) in [6.07, 6.45) is 1.54. The van der Waals surface area contributed by atoms with Crippen LogP contribution in [-0.4, -0.2) is 31.7 Å². The molecule has 0 bridgehead atoms. The van der Waals surface area contributed by atoms with Crippen LogP contribution in [0.1, 0.15) is 0 Å². The van der Waals surface area contributed by atoms with Gasteiger partial charge in [-0.1, -0.05) is 12.1 Å². The molecule has 26 heavy (non-hydrogen) atoms. The van der Waals surface area contributed by atoms with Gasteiger partial charge in [0.15, 0.2) is 16.7 Å². The van der Waals surface area contributed by atoms with Gasteiger partial charge >= 0.3 is 0 Å². The van der Waals surface area contributed by atoms with Gasteiger partial charge in [-0.15, -0.1) is 0 Å². The Balaban J connectivity index is 2.12. The molecule has 0 fully saturated rings. The largest absolute Gasteiger partial charge is 0.433 e. The summed E-state index contributed by atoms with van der Waals surface area (Å²) in [5.74, 6) is 0.0906. The molecule has 8 nitrogen and oxygen atoms in total. The molecule has 132 valence electrons. The van der Waals surface area contributed by atoms with E-state index < -0.39 is 26.1 Å². The zero-order valence-corrected chi connectivity index (χ0v) is 14.5. The van der Waals surface area contributed by atoms with Crippen LogP contribution in [0, 0.1) is 0 Å². The van der Waals surface area contributed by atoms with E-state index in [4.69, 9.17) is 4.42 Å². The Morgan fingerprint density at radius 1 is 1.12 bits per heavy atom. The fourth-order valence-corrected chi connectivity index (χ4v) is 3.71. The Hall–Kier alpha value is -2.66. The highest BCUT2D eigenvalue weighted by molar-refractivity contribution is 7.86. The summed E-state index contributed by atoms with van der Waals surface area (Å²) in [6, 6.07) is 10.6. The van der Waals surface area contributed by atoms with Gasteiger partial charge in [-0.3, -0.25) is 9.54 Å². The monoisotopic (exact) mass is 390 g/mol. The Morgan fingerprint density at radius 3 is 2.58 bits per heavy atom. The van der Waals surface area contributed by atoms with E-state index in [-0.39, 0.29) is 21.9 Å². The van der Waals surface area contributed by atoms with Crippen LogP contribution in [0.4, 0.5) is 0 Å². The van der Waals surface area contributed by atoms with Gasteiger partial charge in [-0.25, -0.2) is 9.19 Å². The number of oxazole rings is 1. The number of hydrogen-bond donors (Lipinski definition) is 2. The zero-order chi connectivity index (χ0) is 18.5. The molecular formula is C16H10N2O6S2. The molecule has 0 radical (unpaired) electrons. The molecule has 0 aliphatic carbocycles. The highest BCUT2D eigenvalue weighted by atomic mass is 32.2. The number of pyridine rings is 1. The number of hydrogen-bond acceptors (Lipinski definition) is 6. The van der Waals surface area contributed by atoms with Crippen LogP contribution in [0.5, 0.6) is 0 Å². The average molecular weight is 390 g/mol. The van der Waals surface area contributed by atoms with Crippen LogP contribution in [0.3, 0.4) is 0 Å². The molecule has 2 N–H and O–H groups in total. The standard InChI is InChI=1S/C16H10N2O6S2/c19-25(20)10-4-5-11-9(7-10)8-13(26(21,22)23)15-14(11)18-16(24-15)12-3-1-2-6-17-12/h1-8H,(H,19,20)(H,21,22,23). The van der Waals surface area contributed by atoms with Gasteiger partial charge in [0.1, 0.15) is 16.1 Å². The lowest BCUT2D eigenvalue weighted by molar-refractivity contribution is 0.482. The molecule has 0 amide bonds. The van der Waals surface area contributed by atoms with Crippen LogP contribution in [0.2, 0.25) is 0 Å². The van der Waals surface area contributed by atoms with E-state index in [1.54, 1.807) is 24.3 Å². The van der Waals surface area contributed by atoms with E-state index in [0.29, 0.717) is 16.5 Å². The highest BCUT2D eigenvalue weighted by Gasteiger charge is 2.23. The van der Waals surface area contributed by atoms with E-state index >= 15 is 0 Å². The second-order valence-corrected chi connectivity index (χ2v) is 7.75. The van der Waals surface area contributed by atoms with Crippen LogP contribution in [0.15, 0.2) is 62.9 Å². The summed E-state index contributed by atoms with van der Waals surface area (Å²) in [5.41, 5.74) is 0.482. The van der Waals surface area contributed by atoms with Crippen molar-refractivity contribution < 1.29 is 26.1 Å². The maximum absolute atomic E-state index is 11.8. The molecule has 4 rings (SSSR count). The van der Waals surface area contributed by atoms with E-state index in [9.17, 15) is 21.7 Å². The van der Waals surface area contributed by atoms with E-state index in [0.717, 1.165) is 0 Å². The van der Waals surface area contributed by atoms with E-state index in [2.05, 4.69) is 9.97 Å². The maximum atomic E-state index is 11.8. The van der Waals surface area contributed by atoms with Gasteiger partial charge in [0.2, 0.25) is 5.89 Å². The lowest BCUT2D eigenvalue weighted by Crippen LogP contribution is -1.99. The number of fused-ring (bicyclic) bond motifs is 3. The lowest BCUT2D eigenvalue weighted by Gasteiger charge is -2.04. The molecule has 2 aromatic carbocycles. The van der Waals surface area contributed by atoms with Crippen molar-refractivity contribution in [3.8, 4) is 11.6 Å². The van der Waals surface area contributed by atoms with Gasteiger partial charge in [0, 0.05) is 11.6 Å². The molecule has 0 saturated heterocycles. The Morgan fingerprint density at radius 2 is 1.92 bits per heavy atom. The highest BCUT2D eigenvalue weighted by Crippen LogP contribution is 2.34. The van der Waals surface area contributed by atoms with Gasteiger partial charge in [-0.05, 0) is 35.7 Å². The van der Waals surface area contributed by atoms with Crippen molar-refractivity contribution in [3.63, 3.8) is 0 Å². The van der Waals surface area contributed by atoms with Crippen molar-refractivity contribution in [1.82, 2.24) is 9.97 Å². The summed E-state index contributed by atoms with van der Waals surface area (Å²) < 4.78 is 59.3. The summed E-state index contributed by atoms with van der Waals surface area (Å²) in [7, 11) is -4.62. The predicted octanol–water partition coefficient (Wildman–Crippen LogP) is 2.87. The van der Waals surface area contributed by atoms with Gasteiger partial charge in [0.05, 0.1) is 4.90 Å². The molecular weight excluding hydrogens is 380 g/mol. The Bertz CT molecular complexity index is 1280. The molecule has 4 aromatic rings.